The number of nitrogens with zero attached hydrogens (tertiary/aromatic N) is 1. The summed E-state index contributed by atoms with van der Waals surface area (Å²) in [5.74, 6) is 0.121. The number of phenolic OH excluding ortho intramolecular Hbond substituents is 1. The number of carboxylic acid groups (broad SMARTS) is 1. The highest BCUT2D eigenvalue weighted by molar-refractivity contribution is 5.64. The van der Waals surface area contributed by atoms with E-state index in [4.69, 9.17) is 5.11 Å². The van der Waals surface area contributed by atoms with Gasteiger partial charge in [0.25, 0.3) is 0 Å². The van der Waals surface area contributed by atoms with Crippen molar-refractivity contribution in [2.75, 3.05) is 7.05 Å². The van der Waals surface area contributed by atoms with E-state index in [1.807, 2.05) is 0 Å². The molecule has 1 aromatic carbocycles. The molecular formula is C9H11NO3. The van der Waals surface area contributed by atoms with Crippen LogP contribution in [0.1, 0.15) is 5.56 Å². The van der Waals surface area contributed by atoms with Crippen molar-refractivity contribution in [3.05, 3.63) is 29.8 Å². The molecule has 0 spiro atoms. The molecule has 0 fully saturated rings. The lowest BCUT2D eigenvalue weighted by atomic mass is 10.2. The lowest BCUT2D eigenvalue weighted by molar-refractivity contribution is 0.153. The van der Waals surface area contributed by atoms with Crippen LogP contribution in [0.4, 0.5) is 4.79 Å². The third-order valence-corrected chi connectivity index (χ3v) is 1.73. The van der Waals surface area contributed by atoms with Crippen molar-refractivity contribution in [1.29, 1.82) is 0 Å². The summed E-state index contributed by atoms with van der Waals surface area (Å²) in [6.45, 7) is 0.196. The Bertz CT molecular complexity index is 311. The first-order valence-corrected chi connectivity index (χ1v) is 3.82. The van der Waals surface area contributed by atoms with Crippen LogP contribution >= 0.6 is 0 Å². The topological polar surface area (TPSA) is 60.8 Å². The molecule has 70 valence electrons. The van der Waals surface area contributed by atoms with Gasteiger partial charge in [0.2, 0.25) is 0 Å². The Morgan fingerprint density at radius 2 is 2.08 bits per heavy atom. The molecule has 0 aliphatic carbocycles. The zero-order valence-corrected chi connectivity index (χ0v) is 7.27. The first-order chi connectivity index (χ1) is 6.11. The van der Waals surface area contributed by atoms with Crippen LogP contribution in [0, 0.1) is 0 Å². The van der Waals surface area contributed by atoms with E-state index >= 15 is 0 Å². The van der Waals surface area contributed by atoms with Crippen molar-refractivity contribution >= 4 is 6.09 Å². The molecule has 0 saturated carbocycles. The van der Waals surface area contributed by atoms with Crippen LogP contribution < -0.4 is 0 Å². The zero-order valence-electron chi connectivity index (χ0n) is 7.27. The molecule has 13 heavy (non-hydrogen) atoms. The van der Waals surface area contributed by atoms with Gasteiger partial charge in [-0.3, -0.25) is 0 Å². The molecule has 0 heterocycles. The van der Waals surface area contributed by atoms with E-state index in [9.17, 15) is 9.90 Å². The minimum Gasteiger partial charge on any atom is -0.508 e. The highest BCUT2D eigenvalue weighted by atomic mass is 16.4. The Balaban J connectivity index is 2.74. The molecule has 0 unspecified atom stereocenters. The number of rotatable bonds is 2. The summed E-state index contributed by atoms with van der Waals surface area (Å²) in [5.41, 5.74) is 0.604. The lowest BCUT2D eigenvalue weighted by Crippen LogP contribution is -2.23. The number of aromatic hydroxyl groups is 1. The van der Waals surface area contributed by atoms with Crippen molar-refractivity contribution in [3.8, 4) is 5.75 Å². The van der Waals surface area contributed by atoms with Gasteiger partial charge in [-0.2, -0.15) is 0 Å². The first-order valence-electron chi connectivity index (χ1n) is 3.82. The fraction of sp³-hybridized carbons (Fsp3) is 0.222. The van der Waals surface area contributed by atoms with E-state index in [1.54, 1.807) is 18.2 Å². The molecule has 0 aliphatic heterocycles. The summed E-state index contributed by atoms with van der Waals surface area (Å²) < 4.78 is 0. The van der Waals surface area contributed by atoms with Crippen molar-refractivity contribution in [1.82, 2.24) is 4.90 Å². The summed E-state index contributed by atoms with van der Waals surface area (Å²) in [6.07, 6.45) is -1.01. The van der Waals surface area contributed by atoms with Gasteiger partial charge in [-0.05, 0) is 6.07 Å². The highest BCUT2D eigenvalue weighted by Gasteiger charge is 2.08. The van der Waals surface area contributed by atoms with Crippen LogP contribution in [0.15, 0.2) is 24.3 Å². The molecule has 0 saturated heterocycles. The largest absolute Gasteiger partial charge is 0.508 e. The van der Waals surface area contributed by atoms with Crippen LogP contribution in [0.2, 0.25) is 0 Å². The van der Waals surface area contributed by atoms with Crippen molar-refractivity contribution in [3.63, 3.8) is 0 Å². The van der Waals surface area contributed by atoms with Gasteiger partial charge in [0.15, 0.2) is 0 Å². The maximum absolute atomic E-state index is 10.5. The summed E-state index contributed by atoms with van der Waals surface area (Å²) in [6, 6.07) is 6.67. The molecule has 4 nitrogen and oxygen atoms in total. The molecular weight excluding hydrogens is 170 g/mol. The van der Waals surface area contributed by atoms with Crippen molar-refractivity contribution in [2.45, 2.75) is 6.54 Å². The zero-order chi connectivity index (χ0) is 9.84. The van der Waals surface area contributed by atoms with E-state index in [0.29, 0.717) is 5.56 Å². The van der Waals surface area contributed by atoms with E-state index in [-0.39, 0.29) is 12.3 Å². The van der Waals surface area contributed by atoms with Crippen molar-refractivity contribution in [2.24, 2.45) is 0 Å². The Labute approximate surface area is 76.0 Å². The third kappa shape index (κ3) is 2.37. The Kier molecular flexibility index (Phi) is 2.74. The quantitative estimate of drug-likeness (QED) is 0.726. The van der Waals surface area contributed by atoms with Gasteiger partial charge in [-0.15, -0.1) is 0 Å². The van der Waals surface area contributed by atoms with Crippen LogP contribution in [0.25, 0.3) is 0 Å². The average molecular weight is 181 g/mol. The standard InChI is InChI=1S/C9H11NO3/c1-10(9(12)13)6-7-4-2-3-5-8(7)11/h2-5,11H,6H2,1H3,(H,12,13). The number of amides is 1. The fourth-order valence-corrected chi connectivity index (χ4v) is 0.968. The number of phenols is 1. The lowest BCUT2D eigenvalue weighted by Gasteiger charge is -2.13. The van der Waals surface area contributed by atoms with Gasteiger partial charge in [0, 0.05) is 12.6 Å². The maximum atomic E-state index is 10.5. The number of para-hydroxylation sites is 1. The van der Waals surface area contributed by atoms with E-state index in [1.165, 1.54) is 13.1 Å². The smallest absolute Gasteiger partial charge is 0.407 e. The van der Waals surface area contributed by atoms with Crippen LogP contribution in [0.3, 0.4) is 0 Å². The first kappa shape index (κ1) is 9.38. The normalized spacial score (nSPS) is 9.62. The number of carbonyl (C=O) groups is 1. The molecule has 1 rings (SSSR count). The third-order valence-electron chi connectivity index (χ3n) is 1.73. The Morgan fingerprint density at radius 1 is 1.46 bits per heavy atom. The average Bonchev–Trinajstić information content (AvgIpc) is 2.08. The summed E-state index contributed by atoms with van der Waals surface area (Å²) >= 11 is 0. The Hall–Kier alpha value is -1.71. The summed E-state index contributed by atoms with van der Waals surface area (Å²) in [7, 11) is 1.45. The predicted octanol–water partition coefficient (Wildman–Crippen LogP) is 1.50. The van der Waals surface area contributed by atoms with Gasteiger partial charge < -0.3 is 15.1 Å². The van der Waals surface area contributed by atoms with Crippen LogP contribution in [-0.2, 0) is 6.54 Å². The summed E-state index contributed by atoms with van der Waals surface area (Å²) in [4.78, 5) is 11.6. The van der Waals surface area contributed by atoms with E-state index in [0.717, 1.165) is 4.90 Å². The second-order valence-corrected chi connectivity index (χ2v) is 2.77. The number of hydrogen-bond acceptors (Lipinski definition) is 2. The Morgan fingerprint density at radius 3 is 2.62 bits per heavy atom. The molecule has 0 aliphatic rings. The van der Waals surface area contributed by atoms with Crippen molar-refractivity contribution < 1.29 is 15.0 Å². The molecule has 2 N–H and O–H groups in total. The fourth-order valence-electron chi connectivity index (χ4n) is 0.968. The van der Waals surface area contributed by atoms with E-state index < -0.39 is 6.09 Å². The molecule has 0 bridgehead atoms. The number of benzene rings is 1. The van der Waals surface area contributed by atoms with Crippen LogP contribution in [-0.4, -0.2) is 28.3 Å². The second kappa shape index (κ2) is 3.80. The second-order valence-electron chi connectivity index (χ2n) is 2.77. The van der Waals surface area contributed by atoms with Gasteiger partial charge in [-0.1, -0.05) is 18.2 Å². The maximum Gasteiger partial charge on any atom is 0.407 e. The predicted molar refractivity (Wildman–Crippen MR) is 47.6 cm³/mol. The molecule has 0 radical (unpaired) electrons. The van der Waals surface area contributed by atoms with Gasteiger partial charge >= 0.3 is 6.09 Å². The number of hydrogen-bond donors (Lipinski definition) is 2. The van der Waals surface area contributed by atoms with E-state index in [2.05, 4.69) is 0 Å². The molecule has 1 aromatic rings. The molecule has 0 aromatic heterocycles. The monoisotopic (exact) mass is 181 g/mol. The SMILES string of the molecule is CN(Cc1ccccc1O)C(=O)O. The molecule has 1 amide bonds. The minimum absolute atomic E-state index is 0.121. The van der Waals surface area contributed by atoms with Crippen LogP contribution in [0.5, 0.6) is 5.75 Å². The van der Waals surface area contributed by atoms with Gasteiger partial charge in [0.1, 0.15) is 5.75 Å². The summed E-state index contributed by atoms with van der Waals surface area (Å²) in [5, 5.41) is 17.9. The van der Waals surface area contributed by atoms with Gasteiger partial charge in [-0.25, -0.2) is 4.79 Å². The van der Waals surface area contributed by atoms with Gasteiger partial charge in [0.05, 0.1) is 6.54 Å². The molecule has 4 heteroatoms. The minimum atomic E-state index is -1.01. The molecule has 0 atom stereocenters. The highest BCUT2D eigenvalue weighted by Crippen LogP contribution is 2.16.